The minimum Gasteiger partial charge on any atom is -0.504 e. The van der Waals surface area contributed by atoms with Crippen LogP contribution in [0.15, 0.2) is 12.1 Å². The fraction of sp³-hybridized carbons (Fsp3) is 0.731. The maximum Gasteiger partial charge on any atom is 0.323 e. The van der Waals surface area contributed by atoms with Crippen LogP contribution in [0.3, 0.4) is 0 Å². The molecule has 3 fully saturated rings. The van der Waals surface area contributed by atoms with Crippen LogP contribution in [-0.2, 0) is 21.4 Å². The zero-order chi connectivity index (χ0) is 23.1. The highest BCUT2D eigenvalue weighted by atomic mass is 16.6. The van der Waals surface area contributed by atoms with Gasteiger partial charge in [0.25, 0.3) is 0 Å². The van der Waals surface area contributed by atoms with Crippen LogP contribution >= 0.6 is 0 Å². The van der Waals surface area contributed by atoms with Gasteiger partial charge < -0.3 is 25.4 Å². The van der Waals surface area contributed by atoms with Crippen LogP contribution < -0.4 is 10.5 Å². The van der Waals surface area contributed by atoms with E-state index in [1.807, 2.05) is 19.9 Å². The lowest BCUT2D eigenvalue weighted by Gasteiger charge is -2.64. The van der Waals surface area contributed by atoms with E-state index in [9.17, 15) is 15.0 Å². The van der Waals surface area contributed by atoms with E-state index in [0.29, 0.717) is 18.6 Å². The molecule has 180 valence electrons. The molecule has 4 N–H and O–H groups in total. The fourth-order valence-corrected chi connectivity index (χ4v) is 7.27. The molecule has 1 unspecified atom stereocenters. The summed E-state index contributed by atoms with van der Waals surface area (Å²) in [4.78, 5) is 15.4. The van der Waals surface area contributed by atoms with Gasteiger partial charge in [0.05, 0.1) is 11.0 Å². The van der Waals surface area contributed by atoms with Crippen LogP contribution in [0.2, 0.25) is 0 Å². The van der Waals surface area contributed by atoms with Crippen molar-refractivity contribution in [1.82, 2.24) is 4.90 Å². The highest BCUT2D eigenvalue weighted by Crippen LogP contribution is 2.65. The normalized spacial score (nSPS) is 38.2. The first kappa shape index (κ1) is 21.7. The van der Waals surface area contributed by atoms with Crippen LogP contribution in [0, 0.1) is 11.8 Å². The molecular weight excluding hydrogens is 420 g/mol. The van der Waals surface area contributed by atoms with Crippen molar-refractivity contribution in [2.45, 2.75) is 94.1 Å². The van der Waals surface area contributed by atoms with Crippen LogP contribution in [0.5, 0.6) is 11.5 Å². The topological polar surface area (TPSA) is 105 Å². The third kappa shape index (κ3) is 2.88. The maximum absolute atomic E-state index is 12.9. The molecule has 5 aliphatic rings. The molecule has 1 saturated heterocycles. The molecule has 33 heavy (non-hydrogen) atoms. The van der Waals surface area contributed by atoms with Gasteiger partial charge in [0.2, 0.25) is 0 Å². The lowest BCUT2D eigenvalue weighted by Crippen LogP contribution is -2.77. The number of benzene rings is 1. The Hall–Kier alpha value is -1.83. The number of nitrogens with two attached hydrogens (primary N) is 1. The van der Waals surface area contributed by atoms with Crippen molar-refractivity contribution in [2.75, 3.05) is 13.1 Å². The summed E-state index contributed by atoms with van der Waals surface area (Å²) in [6.45, 7) is 5.88. The molecule has 2 aliphatic heterocycles. The van der Waals surface area contributed by atoms with E-state index in [4.69, 9.17) is 15.2 Å². The number of aliphatic hydroxyl groups is 1. The molecular formula is C26H36N2O5. The number of likely N-dealkylation sites (tertiary alicyclic amines) is 1. The van der Waals surface area contributed by atoms with E-state index in [-0.39, 0.29) is 17.7 Å². The first-order chi connectivity index (χ1) is 15.8. The molecule has 1 aromatic carbocycles. The molecule has 0 amide bonds. The van der Waals surface area contributed by atoms with Gasteiger partial charge in [-0.2, -0.15) is 0 Å². The quantitative estimate of drug-likeness (QED) is 0.564. The molecule has 1 aromatic rings. The third-order valence-electron chi connectivity index (χ3n) is 9.51. The zero-order valence-electron chi connectivity index (χ0n) is 19.6. The van der Waals surface area contributed by atoms with E-state index in [1.54, 1.807) is 6.07 Å². The molecule has 2 saturated carbocycles. The smallest absolute Gasteiger partial charge is 0.323 e. The second-order valence-corrected chi connectivity index (χ2v) is 11.2. The van der Waals surface area contributed by atoms with Crippen molar-refractivity contribution >= 4 is 5.97 Å². The van der Waals surface area contributed by atoms with E-state index in [2.05, 4.69) is 4.90 Å². The van der Waals surface area contributed by atoms with Gasteiger partial charge in [-0.25, -0.2) is 0 Å². The number of hydrogen-bond donors (Lipinski definition) is 3. The lowest BCUT2D eigenvalue weighted by molar-refractivity contribution is -0.217. The summed E-state index contributed by atoms with van der Waals surface area (Å²) in [5.74, 6) is 0.936. The van der Waals surface area contributed by atoms with E-state index < -0.39 is 35.2 Å². The monoisotopic (exact) mass is 456 g/mol. The standard InChI is InChI=1S/C26H36N2O5/c1-3-14(2)21(27)24(30)32-18-8-9-26(31)19-12-16-6-7-17(29)22-20(16)25(26,23(18)33-22)10-11-28(19)13-15-4-5-15/h6-7,14-15,18-19,21,23,29,31H,3-5,8-13,27H2,1-2H3/t14?,18-,19-,21+,23+,25+,26-/m1/s1. The molecule has 7 heteroatoms. The number of phenolic OH excluding ortho intramolecular Hbond substituents is 1. The lowest BCUT2D eigenvalue weighted by atomic mass is 9.48. The summed E-state index contributed by atoms with van der Waals surface area (Å²) in [6, 6.07) is 3.02. The number of nitrogens with zero attached hydrogens (tertiary/aromatic N) is 1. The maximum atomic E-state index is 12.9. The third-order valence-corrected chi connectivity index (χ3v) is 9.51. The Morgan fingerprint density at radius 3 is 2.85 bits per heavy atom. The van der Waals surface area contributed by atoms with E-state index >= 15 is 0 Å². The summed E-state index contributed by atoms with van der Waals surface area (Å²) in [6.07, 6.45) is 4.90. The van der Waals surface area contributed by atoms with Gasteiger partial charge in [-0.3, -0.25) is 9.69 Å². The molecule has 3 aliphatic carbocycles. The molecule has 6 rings (SSSR count). The van der Waals surface area contributed by atoms with E-state index in [1.165, 1.54) is 12.8 Å². The number of aromatic hydroxyl groups is 1. The van der Waals surface area contributed by atoms with Gasteiger partial charge in [-0.15, -0.1) is 0 Å². The SMILES string of the molecule is CCC(C)[C@H](N)C(=O)O[C@@H]1CC[C@@]2(O)[C@H]3Cc4ccc(O)c5c4[C@@]2(CCN3CC2CC2)[C@H]1O5. The van der Waals surface area contributed by atoms with Crippen molar-refractivity contribution in [3.63, 3.8) is 0 Å². The predicted octanol–water partition coefficient (Wildman–Crippen LogP) is 2.24. The molecule has 2 heterocycles. The molecule has 1 spiro atoms. The first-order valence-electron chi connectivity index (χ1n) is 12.7. The number of ether oxygens (including phenoxy) is 2. The highest BCUT2D eigenvalue weighted by molar-refractivity contribution is 5.76. The Kier molecular flexibility index (Phi) is 4.82. The van der Waals surface area contributed by atoms with Crippen molar-refractivity contribution in [2.24, 2.45) is 17.6 Å². The number of esters is 1. The Labute approximate surface area is 195 Å². The van der Waals surface area contributed by atoms with Crippen LogP contribution in [0.1, 0.15) is 63.5 Å². The van der Waals surface area contributed by atoms with E-state index in [0.717, 1.165) is 49.4 Å². The van der Waals surface area contributed by atoms with Crippen molar-refractivity contribution in [3.05, 3.63) is 23.3 Å². The van der Waals surface area contributed by atoms with Gasteiger partial charge in [0.1, 0.15) is 18.2 Å². The van der Waals surface area contributed by atoms with Crippen molar-refractivity contribution in [3.8, 4) is 11.5 Å². The number of piperidine rings is 1. The highest BCUT2D eigenvalue weighted by Gasteiger charge is 2.73. The van der Waals surface area contributed by atoms with Crippen molar-refractivity contribution < 1.29 is 24.5 Å². The van der Waals surface area contributed by atoms with Gasteiger partial charge >= 0.3 is 5.97 Å². The van der Waals surface area contributed by atoms with Crippen molar-refractivity contribution in [1.29, 1.82) is 0 Å². The zero-order valence-corrected chi connectivity index (χ0v) is 19.6. The Balaban J connectivity index is 1.39. The number of hydrogen-bond acceptors (Lipinski definition) is 7. The Morgan fingerprint density at radius 1 is 1.33 bits per heavy atom. The minimum atomic E-state index is -0.974. The number of carbonyl (C=O) groups is 1. The first-order valence-corrected chi connectivity index (χ1v) is 12.7. The van der Waals surface area contributed by atoms with Crippen LogP contribution in [0.4, 0.5) is 0 Å². The predicted molar refractivity (Wildman–Crippen MR) is 122 cm³/mol. The second-order valence-electron chi connectivity index (χ2n) is 11.2. The van der Waals surface area contributed by atoms with Crippen LogP contribution in [-0.4, -0.2) is 64.1 Å². The number of rotatable bonds is 6. The summed E-state index contributed by atoms with van der Waals surface area (Å²) < 4.78 is 12.4. The Bertz CT molecular complexity index is 980. The summed E-state index contributed by atoms with van der Waals surface area (Å²) in [5, 5.41) is 23.1. The largest absolute Gasteiger partial charge is 0.504 e. The summed E-state index contributed by atoms with van der Waals surface area (Å²) >= 11 is 0. The summed E-state index contributed by atoms with van der Waals surface area (Å²) in [7, 11) is 0. The second kappa shape index (κ2) is 7.33. The molecule has 0 aromatic heterocycles. The molecule has 7 nitrogen and oxygen atoms in total. The average Bonchev–Trinajstić information content (AvgIpc) is 3.54. The van der Waals surface area contributed by atoms with Gasteiger partial charge in [-0.05, 0) is 68.5 Å². The number of phenols is 1. The minimum absolute atomic E-state index is 0.0139. The Morgan fingerprint density at radius 2 is 2.12 bits per heavy atom. The van der Waals surface area contributed by atoms with Gasteiger partial charge in [-0.1, -0.05) is 26.3 Å². The molecule has 2 bridgehead atoms. The van der Waals surface area contributed by atoms with Gasteiger partial charge in [0.15, 0.2) is 11.5 Å². The molecule has 7 atom stereocenters. The molecule has 0 radical (unpaired) electrons. The average molecular weight is 457 g/mol. The van der Waals surface area contributed by atoms with Gasteiger partial charge in [0, 0.05) is 18.2 Å². The summed E-state index contributed by atoms with van der Waals surface area (Å²) in [5.41, 5.74) is 6.62. The van der Waals surface area contributed by atoms with Crippen LogP contribution in [0.25, 0.3) is 0 Å². The fourth-order valence-electron chi connectivity index (χ4n) is 7.27. The number of carbonyl (C=O) groups excluding carboxylic acids is 1.